The van der Waals surface area contributed by atoms with E-state index in [1.165, 1.54) is 21.4 Å². The molecule has 0 radical (unpaired) electrons. The lowest BCUT2D eigenvalue weighted by molar-refractivity contribution is 0.575. The van der Waals surface area contributed by atoms with Crippen molar-refractivity contribution < 1.29 is 4.39 Å². The number of hydrogen-bond donors (Lipinski definition) is 1. The number of hydrogen-bond acceptors (Lipinski definition) is 2. The van der Waals surface area contributed by atoms with E-state index in [-0.39, 0.29) is 16.9 Å². The Hall–Kier alpha value is -0.900. The predicted molar refractivity (Wildman–Crippen MR) is 80.5 cm³/mol. The van der Waals surface area contributed by atoms with Gasteiger partial charge in [-0.05, 0) is 50.1 Å². The zero-order valence-corrected chi connectivity index (χ0v) is 12.8. The third kappa shape index (κ3) is 3.56. The van der Waals surface area contributed by atoms with Crippen LogP contribution in [0.15, 0.2) is 24.3 Å². The molecule has 4 heteroatoms. The zero-order chi connectivity index (χ0) is 14.0. The van der Waals surface area contributed by atoms with E-state index in [4.69, 9.17) is 11.6 Å². The van der Waals surface area contributed by atoms with Crippen LogP contribution in [0.1, 0.15) is 33.8 Å². The fourth-order valence-corrected chi connectivity index (χ4v) is 3.08. The van der Waals surface area contributed by atoms with Gasteiger partial charge in [-0.25, -0.2) is 4.39 Å². The molecule has 2 aromatic rings. The molecular weight excluding hydrogens is 281 g/mol. The molecule has 0 saturated carbocycles. The molecule has 0 fully saturated rings. The van der Waals surface area contributed by atoms with Gasteiger partial charge in [0.1, 0.15) is 5.82 Å². The van der Waals surface area contributed by atoms with Gasteiger partial charge in [0.05, 0.1) is 5.02 Å². The highest BCUT2D eigenvalue weighted by atomic mass is 35.5. The molecule has 1 heterocycles. The summed E-state index contributed by atoms with van der Waals surface area (Å²) < 4.78 is 13.1. The van der Waals surface area contributed by atoms with Gasteiger partial charge >= 0.3 is 0 Å². The summed E-state index contributed by atoms with van der Waals surface area (Å²) >= 11 is 7.61. The van der Waals surface area contributed by atoms with Gasteiger partial charge < -0.3 is 5.32 Å². The van der Waals surface area contributed by atoms with Crippen molar-refractivity contribution in [2.45, 2.75) is 33.4 Å². The van der Waals surface area contributed by atoms with E-state index in [9.17, 15) is 4.39 Å². The van der Waals surface area contributed by atoms with Gasteiger partial charge in [0.2, 0.25) is 0 Å². The molecular formula is C15H17ClFNS. The Morgan fingerprint density at radius 3 is 2.63 bits per heavy atom. The Morgan fingerprint density at radius 2 is 2.05 bits per heavy atom. The first-order chi connectivity index (χ1) is 8.97. The SMILES string of the molecule is Cc1cc(CNC(C)c2ccc(F)c(Cl)c2)sc1C. The Balaban J connectivity index is 2.00. The highest BCUT2D eigenvalue weighted by molar-refractivity contribution is 7.12. The highest BCUT2D eigenvalue weighted by Crippen LogP contribution is 2.23. The van der Waals surface area contributed by atoms with Crippen LogP contribution in [0.2, 0.25) is 5.02 Å². The molecule has 19 heavy (non-hydrogen) atoms. The molecule has 0 spiro atoms. The van der Waals surface area contributed by atoms with Crippen LogP contribution in [0.25, 0.3) is 0 Å². The molecule has 0 aliphatic carbocycles. The minimum atomic E-state index is -0.373. The molecule has 0 aliphatic rings. The van der Waals surface area contributed by atoms with Gasteiger partial charge in [-0.3, -0.25) is 0 Å². The zero-order valence-electron chi connectivity index (χ0n) is 11.3. The third-order valence-electron chi connectivity index (χ3n) is 3.24. The van der Waals surface area contributed by atoms with E-state index in [2.05, 4.69) is 32.2 Å². The molecule has 1 aromatic heterocycles. The summed E-state index contributed by atoms with van der Waals surface area (Å²) in [6.45, 7) is 7.12. The monoisotopic (exact) mass is 297 g/mol. The molecule has 102 valence electrons. The molecule has 0 saturated heterocycles. The summed E-state index contributed by atoms with van der Waals surface area (Å²) in [5.74, 6) is -0.373. The van der Waals surface area contributed by atoms with Crippen LogP contribution in [0.4, 0.5) is 4.39 Å². The molecule has 0 amide bonds. The number of halogens is 2. The Kier molecular flexibility index (Phi) is 4.61. The minimum absolute atomic E-state index is 0.140. The number of rotatable bonds is 4. The molecule has 0 bridgehead atoms. The van der Waals surface area contributed by atoms with Gasteiger partial charge in [0.25, 0.3) is 0 Å². The predicted octanol–water partition coefficient (Wildman–Crippen LogP) is 5.01. The maximum absolute atomic E-state index is 13.1. The van der Waals surface area contributed by atoms with E-state index >= 15 is 0 Å². The van der Waals surface area contributed by atoms with E-state index in [0.717, 1.165) is 12.1 Å². The number of aryl methyl sites for hydroxylation is 2. The summed E-state index contributed by atoms with van der Waals surface area (Å²) in [7, 11) is 0. The van der Waals surface area contributed by atoms with Crippen molar-refractivity contribution >= 4 is 22.9 Å². The van der Waals surface area contributed by atoms with E-state index in [1.54, 1.807) is 12.1 Å². The molecule has 2 rings (SSSR count). The first-order valence-corrected chi connectivity index (χ1v) is 7.41. The molecule has 0 aliphatic heterocycles. The molecule has 1 atom stereocenters. The van der Waals surface area contributed by atoms with Crippen LogP contribution < -0.4 is 5.32 Å². The number of benzene rings is 1. The summed E-state index contributed by atoms with van der Waals surface area (Å²) in [5, 5.41) is 3.61. The molecule has 1 aromatic carbocycles. The second kappa shape index (κ2) is 6.04. The first kappa shape index (κ1) is 14.5. The van der Waals surface area contributed by atoms with Crippen molar-refractivity contribution in [2.75, 3.05) is 0 Å². The Bertz CT molecular complexity index is 560. The van der Waals surface area contributed by atoms with Crippen molar-refractivity contribution in [1.29, 1.82) is 0 Å². The van der Waals surface area contributed by atoms with Gasteiger partial charge in [-0.1, -0.05) is 17.7 Å². The summed E-state index contributed by atoms with van der Waals surface area (Å²) in [5.41, 5.74) is 2.33. The van der Waals surface area contributed by atoms with Gasteiger partial charge in [0.15, 0.2) is 0 Å². The summed E-state index contributed by atoms with van der Waals surface area (Å²) in [6.07, 6.45) is 0. The van der Waals surface area contributed by atoms with Crippen molar-refractivity contribution in [2.24, 2.45) is 0 Å². The van der Waals surface area contributed by atoms with Crippen molar-refractivity contribution in [1.82, 2.24) is 5.32 Å². The van der Waals surface area contributed by atoms with E-state index in [0.29, 0.717) is 0 Å². The lowest BCUT2D eigenvalue weighted by Gasteiger charge is -2.14. The highest BCUT2D eigenvalue weighted by Gasteiger charge is 2.09. The Labute approximate surface area is 122 Å². The normalized spacial score (nSPS) is 12.7. The standard InChI is InChI=1S/C15H17ClFNS/c1-9-6-13(19-11(9)3)8-18-10(2)12-4-5-15(17)14(16)7-12/h4-7,10,18H,8H2,1-3H3. The number of thiophene rings is 1. The number of nitrogens with one attached hydrogen (secondary N) is 1. The topological polar surface area (TPSA) is 12.0 Å². The maximum Gasteiger partial charge on any atom is 0.141 e. The van der Waals surface area contributed by atoms with Gasteiger partial charge in [-0.2, -0.15) is 0 Å². The van der Waals surface area contributed by atoms with Crippen LogP contribution in [-0.4, -0.2) is 0 Å². The molecule has 1 nitrogen and oxygen atoms in total. The smallest absolute Gasteiger partial charge is 0.141 e. The van der Waals surface area contributed by atoms with Crippen LogP contribution in [-0.2, 0) is 6.54 Å². The minimum Gasteiger partial charge on any atom is -0.305 e. The van der Waals surface area contributed by atoms with Gasteiger partial charge in [-0.15, -0.1) is 11.3 Å². The van der Waals surface area contributed by atoms with E-state index in [1.807, 2.05) is 11.3 Å². The van der Waals surface area contributed by atoms with Crippen molar-refractivity contribution in [3.8, 4) is 0 Å². The quantitative estimate of drug-likeness (QED) is 0.836. The van der Waals surface area contributed by atoms with Crippen LogP contribution in [0.5, 0.6) is 0 Å². The molecule has 1 N–H and O–H groups in total. The van der Waals surface area contributed by atoms with Crippen molar-refractivity contribution in [3.05, 3.63) is 56.0 Å². The third-order valence-corrected chi connectivity index (χ3v) is 4.69. The largest absolute Gasteiger partial charge is 0.305 e. The average Bonchev–Trinajstić information content (AvgIpc) is 2.69. The lowest BCUT2D eigenvalue weighted by atomic mass is 10.1. The summed E-state index contributed by atoms with van der Waals surface area (Å²) in [6, 6.07) is 7.21. The second-order valence-corrected chi connectivity index (χ2v) is 6.48. The lowest BCUT2D eigenvalue weighted by Crippen LogP contribution is -2.17. The fraction of sp³-hybridized carbons (Fsp3) is 0.333. The summed E-state index contributed by atoms with van der Waals surface area (Å²) in [4.78, 5) is 2.67. The van der Waals surface area contributed by atoms with Gasteiger partial charge in [0, 0.05) is 22.3 Å². The van der Waals surface area contributed by atoms with Crippen LogP contribution in [0.3, 0.4) is 0 Å². The van der Waals surface area contributed by atoms with Crippen molar-refractivity contribution in [3.63, 3.8) is 0 Å². The van der Waals surface area contributed by atoms with Crippen LogP contribution >= 0.6 is 22.9 Å². The van der Waals surface area contributed by atoms with E-state index < -0.39 is 0 Å². The first-order valence-electron chi connectivity index (χ1n) is 6.21. The molecule has 1 unspecified atom stereocenters. The Morgan fingerprint density at radius 1 is 1.32 bits per heavy atom. The maximum atomic E-state index is 13.1. The fourth-order valence-electron chi connectivity index (χ4n) is 1.89. The average molecular weight is 298 g/mol. The second-order valence-electron chi connectivity index (χ2n) is 4.73. The van der Waals surface area contributed by atoms with Crippen LogP contribution in [0, 0.1) is 19.7 Å².